The van der Waals surface area contributed by atoms with Gasteiger partial charge in [0, 0.05) is 64.1 Å². The van der Waals surface area contributed by atoms with Gasteiger partial charge >= 0.3 is 0 Å². The SMILES string of the molecule is Cl.Cl.O=C(CC1COCCN1)N1CCCN(Cc2cccnc2)CC1. The summed E-state index contributed by atoms with van der Waals surface area (Å²) in [4.78, 5) is 21.1. The molecule has 2 saturated heterocycles. The normalized spacial score (nSPS) is 21.6. The second-order valence-electron chi connectivity index (χ2n) is 6.30. The van der Waals surface area contributed by atoms with Crippen LogP contribution in [0.1, 0.15) is 18.4 Å². The maximum Gasteiger partial charge on any atom is 0.224 e. The number of rotatable bonds is 4. The van der Waals surface area contributed by atoms with Crippen LogP contribution in [0.4, 0.5) is 0 Å². The second-order valence-corrected chi connectivity index (χ2v) is 6.30. The smallest absolute Gasteiger partial charge is 0.224 e. The van der Waals surface area contributed by atoms with Gasteiger partial charge in [0.15, 0.2) is 0 Å². The lowest BCUT2D eigenvalue weighted by molar-refractivity contribution is -0.132. The fourth-order valence-corrected chi connectivity index (χ4v) is 3.22. The van der Waals surface area contributed by atoms with E-state index in [1.807, 2.05) is 17.2 Å². The molecular weight excluding hydrogens is 363 g/mol. The molecule has 2 aliphatic rings. The van der Waals surface area contributed by atoms with Gasteiger partial charge in [0.2, 0.25) is 5.91 Å². The zero-order valence-corrected chi connectivity index (χ0v) is 16.1. The Labute approximate surface area is 162 Å². The van der Waals surface area contributed by atoms with E-state index in [0.717, 1.165) is 52.3 Å². The maximum absolute atomic E-state index is 12.5. The van der Waals surface area contributed by atoms with E-state index in [2.05, 4.69) is 21.3 Å². The van der Waals surface area contributed by atoms with E-state index >= 15 is 0 Å². The van der Waals surface area contributed by atoms with Crippen LogP contribution in [-0.2, 0) is 16.1 Å². The Kier molecular flexibility index (Phi) is 10.3. The number of carbonyl (C=O) groups excluding carboxylic acids is 1. The number of hydrogen-bond acceptors (Lipinski definition) is 5. The minimum atomic E-state index is 0. The van der Waals surface area contributed by atoms with E-state index in [1.54, 1.807) is 6.20 Å². The lowest BCUT2D eigenvalue weighted by atomic mass is 10.1. The zero-order valence-electron chi connectivity index (χ0n) is 14.4. The Morgan fingerprint density at radius 1 is 1.28 bits per heavy atom. The molecule has 0 spiro atoms. The van der Waals surface area contributed by atoms with E-state index in [9.17, 15) is 4.79 Å². The Hall–Kier alpha value is -0.920. The van der Waals surface area contributed by atoms with Crippen molar-refractivity contribution in [1.82, 2.24) is 20.1 Å². The van der Waals surface area contributed by atoms with Crippen LogP contribution in [0.2, 0.25) is 0 Å². The van der Waals surface area contributed by atoms with Crippen molar-refractivity contribution in [2.45, 2.75) is 25.4 Å². The van der Waals surface area contributed by atoms with Crippen LogP contribution in [0.15, 0.2) is 24.5 Å². The Bertz CT molecular complexity index is 501. The first kappa shape index (κ1) is 22.1. The minimum absolute atomic E-state index is 0. The highest BCUT2D eigenvalue weighted by Crippen LogP contribution is 2.10. The van der Waals surface area contributed by atoms with Gasteiger partial charge in [-0.3, -0.25) is 14.7 Å². The molecule has 0 aromatic carbocycles. The van der Waals surface area contributed by atoms with Gasteiger partial charge in [-0.25, -0.2) is 0 Å². The number of nitrogens with one attached hydrogen (secondary N) is 1. The first-order valence-electron chi connectivity index (χ1n) is 8.51. The molecule has 0 saturated carbocycles. The third-order valence-corrected chi connectivity index (χ3v) is 4.49. The first-order chi connectivity index (χ1) is 11.3. The topological polar surface area (TPSA) is 57.7 Å². The monoisotopic (exact) mass is 390 g/mol. The van der Waals surface area contributed by atoms with Gasteiger partial charge in [-0.05, 0) is 18.1 Å². The molecule has 0 aliphatic carbocycles. The number of hydrogen-bond donors (Lipinski definition) is 1. The van der Waals surface area contributed by atoms with Crippen LogP contribution >= 0.6 is 24.8 Å². The van der Waals surface area contributed by atoms with Crippen molar-refractivity contribution in [1.29, 1.82) is 0 Å². The first-order valence-corrected chi connectivity index (χ1v) is 8.51. The molecule has 1 N–H and O–H groups in total. The van der Waals surface area contributed by atoms with Crippen LogP contribution in [0.25, 0.3) is 0 Å². The average Bonchev–Trinajstić information content (AvgIpc) is 2.82. The number of halogens is 2. The highest BCUT2D eigenvalue weighted by molar-refractivity contribution is 5.85. The van der Waals surface area contributed by atoms with Gasteiger partial charge in [0.05, 0.1) is 13.2 Å². The fourth-order valence-electron chi connectivity index (χ4n) is 3.22. The van der Waals surface area contributed by atoms with Crippen molar-refractivity contribution >= 4 is 30.7 Å². The minimum Gasteiger partial charge on any atom is -0.378 e. The molecule has 142 valence electrons. The van der Waals surface area contributed by atoms with E-state index < -0.39 is 0 Å². The molecule has 1 unspecified atom stereocenters. The molecule has 2 fully saturated rings. The summed E-state index contributed by atoms with van der Waals surface area (Å²) in [6.45, 7) is 6.77. The molecule has 1 aromatic rings. The molecular formula is C17H28Cl2N4O2. The Morgan fingerprint density at radius 3 is 2.88 bits per heavy atom. The van der Waals surface area contributed by atoms with Gasteiger partial charge in [0.1, 0.15) is 0 Å². The van der Waals surface area contributed by atoms with Crippen molar-refractivity contribution in [2.75, 3.05) is 45.9 Å². The van der Waals surface area contributed by atoms with Gasteiger partial charge in [-0.15, -0.1) is 24.8 Å². The molecule has 8 heteroatoms. The van der Waals surface area contributed by atoms with Gasteiger partial charge < -0.3 is 15.0 Å². The molecule has 1 atom stereocenters. The number of ether oxygens (including phenoxy) is 1. The molecule has 2 aliphatic heterocycles. The number of amides is 1. The Balaban J connectivity index is 0.00000156. The molecule has 3 rings (SSSR count). The quantitative estimate of drug-likeness (QED) is 0.840. The Morgan fingerprint density at radius 2 is 2.16 bits per heavy atom. The van der Waals surface area contributed by atoms with E-state index in [0.29, 0.717) is 13.0 Å². The van der Waals surface area contributed by atoms with Crippen molar-refractivity contribution in [3.05, 3.63) is 30.1 Å². The predicted molar refractivity (Wildman–Crippen MR) is 102 cm³/mol. The molecule has 6 nitrogen and oxygen atoms in total. The molecule has 1 aromatic heterocycles. The third kappa shape index (κ3) is 7.07. The third-order valence-electron chi connectivity index (χ3n) is 4.49. The summed E-state index contributed by atoms with van der Waals surface area (Å²) in [6, 6.07) is 4.25. The van der Waals surface area contributed by atoms with Crippen LogP contribution in [-0.4, -0.2) is 72.7 Å². The van der Waals surface area contributed by atoms with Gasteiger partial charge in [-0.1, -0.05) is 6.07 Å². The van der Waals surface area contributed by atoms with Crippen LogP contribution in [0.3, 0.4) is 0 Å². The number of aromatic nitrogens is 1. The second kappa shape index (κ2) is 11.6. The van der Waals surface area contributed by atoms with E-state index in [1.165, 1.54) is 5.56 Å². The predicted octanol–water partition coefficient (Wildman–Crippen LogP) is 1.34. The lowest BCUT2D eigenvalue weighted by Gasteiger charge is -2.27. The van der Waals surface area contributed by atoms with Crippen molar-refractivity contribution in [3.8, 4) is 0 Å². The van der Waals surface area contributed by atoms with E-state index in [-0.39, 0.29) is 36.8 Å². The van der Waals surface area contributed by atoms with Crippen molar-refractivity contribution in [3.63, 3.8) is 0 Å². The standard InChI is InChI=1S/C17H26N4O2.2ClH/c22-17(11-16-14-23-10-5-19-16)21-7-2-6-20(8-9-21)13-15-3-1-4-18-12-15;;/h1,3-4,12,16,19H,2,5-11,13-14H2;2*1H. The average molecular weight is 391 g/mol. The summed E-state index contributed by atoms with van der Waals surface area (Å²) in [5.74, 6) is 0.247. The van der Waals surface area contributed by atoms with Crippen LogP contribution < -0.4 is 5.32 Å². The van der Waals surface area contributed by atoms with Crippen molar-refractivity contribution < 1.29 is 9.53 Å². The molecule has 0 radical (unpaired) electrons. The zero-order chi connectivity index (χ0) is 15.9. The van der Waals surface area contributed by atoms with Crippen molar-refractivity contribution in [2.24, 2.45) is 0 Å². The highest BCUT2D eigenvalue weighted by atomic mass is 35.5. The maximum atomic E-state index is 12.5. The lowest BCUT2D eigenvalue weighted by Crippen LogP contribution is -2.45. The van der Waals surface area contributed by atoms with Gasteiger partial charge in [0.25, 0.3) is 0 Å². The summed E-state index contributed by atoms with van der Waals surface area (Å²) in [5, 5.41) is 3.36. The van der Waals surface area contributed by atoms with Gasteiger partial charge in [-0.2, -0.15) is 0 Å². The van der Waals surface area contributed by atoms with Crippen LogP contribution in [0, 0.1) is 0 Å². The molecule has 0 bridgehead atoms. The number of pyridine rings is 1. The number of nitrogens with zero attached hydrogens (tertiary/aromatic N) is 3. The summed E-state index contributed by atoms with van der Waals surface area (Å²) >= 11 is 0. The van der Waals surface area contributed by atoms with Crippen LogP contribution in [0.5, 0.6) is 0 Å². The number of carbonyl (C=O) groups is 1. The fraction of sp³-hybridized carbons (Fsp3) is 0.647. The summed E-state index contributed by atoms with van der Waals surface area (Å²) in [7, 11) is 0. The highest BCUT2D eigenvalue weighted by Gasteiger charge is 2.23. The summed E-state index contributed by atoms with van der Waals surface area (Å²) in [6.07, 6.45) is 5.29. The largest absolute Gasteiger partial charge is 0.378 e. The summed E-state index contributed by atoms with van der Waals surface area (Å²) in [5.41, 5.74) is 1.23. The van der Waals surface area contributed by atoms with E-state index in [4.69, 9.17) is 4.74 Å². The summed E-state index contributed by atoms with van der Waals surface area (Å²) < 4.78 is 5.43. The molecule has 3 heterocycles. The molecule has 25 heavy (non-hydrogen) atoms. The number of morpholine rings is 1. The molecule has 1 amide bonds.